The summed E-state index contributed by atoms with van der Waals surface area (Å²) in [7, 11) is 0. The largest absolute Gasteiger partial charge is 0.478 e. The summed E-state index contributed by atoms with van der Waals surface area (Å²) in [6.07, 6.45) is 4.71. The van der Waals surface area contributed by atoms with Gasteiger partial charge in [0.1, 0.15) is 0 Å². The first-order chi connectivity index (χ1) is 5.13. The Balaban J connectivity index is 4.76. The van der Waals surface area contributed by atoms with E-state index in [4.69, 9.17) is 5.11 Å². The Labute approximate surface area is 66.5 Å². The third-order valence-corrected chi connectivity index (χ3v) is 1.37. The van der Waals surface area contributed by atoms with Gasteiger partial charge >= 0.3 is 5.97 Å². The van der Waals surface area contributed by atoms with Gasteiger partial charge in [-0.15, -0.1) is 0 Å². The highest BCUT2D eigenvalue weighted by atomic mass is 16.4. The number of aliphatic carboxylic acids is 1. The van der Waals surface area contributed by atoms with Crippen molar-refractivity contribution in [3.63, 3.8) is 0 Å². The predicted molar refractivity (Wildman–Crippen MR) is 45.3 cm³/mol. The van der Waals surface area contributed by atoms with Crippen LogP contribution in [0.15, 0.2) is 36.0 Å². The fourth-order valence-corrected chi connectivity index (χ4v) is 0.645. The summed E-state index contributed by atoms with van der Waals surface area (Å²) in [4.78, 5) is 10.5. The van der Waals surface area contributed by atoms with Gasteiger partial charge < -0.3 is 5.11 Å². The third-order valence-electron chi connectivity index (χ3n) is 1.37. The molecule has 0 aromatic rings. The van der Waals surface area contributed by atoms with Crippen LogP contribution >= 0.6 is 0 Å². The molecule has 0 rings (SSSR count). The number of hydrogen-bond donors (Lipinski definition) is 1. The lowest BCUT2D eigenvalue weighted by atomic mass is 10.1. The maximum absolute atomic E-state index is 10.5. The minimum Gasteiger partial charge on any atom is -0.478 e. The monoisotopic (exact) mass is 152 g/mol. The first-order valence-electron chi connectivity index (χ1n) is 3.32. The molecule has 1 N–H and O–H groups in total. The lowest BCUT2D eigenvalue weighted by molar-refractivity contribution is -0.132. The van der Waals surface area contributed by atoms with Crippen molar-refractivity contribution in [2.75, 3.05) is 0 Å². The Morgan fingerprint density at radius 1 is 1.55 bits per heavy atom. The third kappa shape index (κ3) is 2.85. The zero-order valence-electron chi connectivity index (χ0n) is 6.79. The van der Waals surface area contributed by atoms with Crippen LogP contribution in [0.4, 0.5) is 0 Å². The number of rotatable bonds is 3. The van der Waals surface area contributed by atoms with Crippen molar-refractivity contribution in [3.05, 3.63) is 36.0 Å². The van der Waals surface area contributed by atoms with E-state index in [9.17, 15) is 4.79 Å². The normalized spacial score (nSPS) is 12.9. The average Bonchev–Trinajstić information content (AvgIpc) is 1.98. The lowest BCUT2D eigenvalue weighted by Gasteiger charge is -1.98. The van der Waals surface area contributed by atoms with E-state index >= 15 is 0 Å². The van der Waals surface area contributed by atoms with Crippen LogP contribution in [-0.2, 0) is 4.79 Å². The molecule has 0 saturated carbocycles. The molecule has 0 unspecified atom stereocenters. The van der Waals surface area contributed by atoms with Crippen molar-refractivity contribution in [3.8, 4) is 0 Å². The molecular weight excluding hydrogens is 140 g/mol. The van der Waals surface area contributed by atoms with Gasteiger partial charge in [0, 0.05) is 0 Å². The first kappa shape index (κ1) is 9.69. The highest BCUT2D eigenvalue weighted by Gasteiger charge is 2.06. The topological polar surface area (TPSA) is 37.3 Å². The van der Waals surface area contributed by atoms with Crippen LogP contribution in [0.1, 0.15) is 13.8 Å². The zero-order valence-corrected chi connectivity index (χ0v) is 6.79. The Morgan fingerprint density at radius 2 is 2.09 bits per heavy atom. The average molecular weight is 152 g/mol. The lowest BCUT2D eigenvalue weighted by Crippen LogP contribution is -2.00. The molecular formula is C9H12O2. The summed E-state index contributed by atoms with van der Waals surface area (Å²) in [5, 5.41) is 8.65. The van der Waals surface area contributed by atoms with Crippen LogP contribution in [0.25, 0.3) is 0 Å². The Morgan fingerprint density at radius 3 is 2.36 bits per heavy atom. The van der Waals surface area contributed by atoms with Crippen molar-refractivity contribution in [2.45, 2.75) is 13.8 Å². The van der Waals surface area contributed by atoms with Gasteiger partial charge in [-0.2, -0.15) is 0 Å². The molecule has 2 heteroatoms. The fraction of sp³-hybridized carbons (Fsp3) is 0.222. The van der Waals surface area contributed by atoms with Crippen LogP contribution in [0.2, 0.25) is 0 Å². The summed E-state index contributed by atoms with van der Waals surface area (Å²) in [6.45, 7) is 6.99. The van der Waals surface area contributed by atoms with Crippen LogP contribution < -0.4 is 0 Å². The van der Waals surface area contributed by atoms with E-state index in [1.54, 1.807) is 19.9 Å². The molecule has 0 aromatic carbocycles. The Hall–Kier alpha value is -1.31. The Bertz CT molecular complexity index is 222. The molecule has 0 aliphatic carbocycles. The predicted octanol–water partition coefficient (Wildman–Crippen LogP) is 2.15. The number of hydrogen-bond acceptors (Lipinski definition) is 1. The minimum absolute atomic E-state index is 0.294. The summed E-state index contributed by atoms with van der Waals surface area (Å²) >= 11 is 0. The summed E-state index contributed by atoms with van der Waals surface area (Å²) in [6, 6.07) is 0. The quantitative estimate of drug-likeness (QED) is 0.497. The molecule has 0 amide bonds. The van der Waals surface area contributed by atoms with Gasteiger partial charge in [-0.1, -0.05) is 18.7 Å². The van der Waals surface area contributed by atoms with E-state index in [1.807, 2.05) is 0 Å². The molecule has 0 aliphatic heterocycles. The molecule has 60 valence electrons. The van der Waals surface area contributed by atoms with Crippen LogP contribution in [0.3, 0.4) is 0 Å². The Kier molecular flexibility index (Phi) is 3.96. The van der Waals surface area contributed by atoms with Gasteiger partial charge in [0.05, 0.1) is 5.57 Å². The molecule has 11 heavy (non-hydrogen) atoms. The van der Waals surface area contributed by atoms with E-state index in [1.165, 1.54) is 12.2 Å². The van der Waals surface area contributed by atoms with E-state index in [0.717, 1.165) is 5.57 Å². The molecule has 0 heterocycles. The SMILES string of the molecule is C=C/C=C(C(=O)O)\C(C)=C/C. The first-order valence-corrected chi connectivity index (χ1v) is 3.32. The maximum atomic E-state index is 10.5. The van der Waals surface area contributed by atoms with Crippen molar-refractivity contribution >= 4 is 5.97 Å². The van der Waals surface area contributed by atoms with Gasteiger partial charge in [-0.05, 0) is 25.5 Å². The number of carboxylic acids is 1. The summed E-state index contributed by atoms with van der Waals surface area (Å²) in [5.74, 6) is -0.916. The summed E-state index contributed by atoms with van der Waals surface area (Å²) < 4.78 is 0. The second kappa shape index (κ2) is 4.50. The second-order valence-corrected chi connectivity index (χ2v) is 2.09. The molecule has 2 nitrogen and oxygen atoms in total. The number of carbonyl (C=O) groups is 1. The van der Waals surface area contributed by atoms with Gasteiger partial charge in [-0.3, -0.25) is 0 Å². The number of allylic oxidation sites excluding steroid dienone is 3. The van der Waals surface area contributed by atoms with Crippen molar-refractivity contribution < 1.29 is 9.90 Å². The van der Waals surface area contributed by atoms with E-state index in [-0.39, 0.29) is 0 Å². The molecule has 0 bridgehead atoms. The fourth-order valence-electron chi connectivity index (χ4n) is 0.645. The zero-order chi connectivity index (χ0) is 8.85. The molecule has 0 atom stereocenters. The van der Waals surface area contributed by atoms with Crippen molar-refractivity contribution in [1.82, 2.24) is 0 Å². The highest BCUT2D eigenvalue weighted by Crippen LogP contribution is 2.08. The van der Waals surface area contributed by atoms with Gasteiger partial charge in [0.25, 0.3) is 0 Å². The summed E-state index contributed by atoms with van der Waals surface area (Å²) in [5.41, 5.74) is 1.04. The van der Waals surface area contributed by atoms with E-state index in [0.29, 0.717) is 5.57 Å². The smallest absolute Gasteiger partial charge is 0.335 e. The highest BCUT2D eigenvalue weighted by molar-refractivity contribution is 5.91. The second-order valence-electron chi connectivity index (χ2n) is 2.09. The molecule has 0 saturated heterocycles. The van der Waals surface area contributed by atoms with Crippen LogP contribution in [0.5, 0.6) is 0 Å². The van der Waals surface area contributed by atoms with Crippen molar-refractivity contribution in [1.29, 1.82) is 0 Å². The van der Waals surface area contributed by atoms with Crippen LogP contribution in [0, 0.1) is 0 Å². The minimum atomic E-state index is -0.916. The maximum Gasteiger partial charge on any atom is 0.335 e. The molecule has 0 spiro atoms. The molecule has 0 aliphatic rings. The van der Waals surface area contributed by atoms with Gasteiger partial charge in [0.15, 0.2) is 0 Å². The van der Waals surface area contributed by atoms with Crippen molar-refractivity contribution in [2.24, 2.45) is 0 Å². The van der Waals surface area contributed by atoms with Gasteiger partial charge in [-0.25, -0.2) is 4.79 Å². The molecule has 0 aromatic heterocycles. The van der Waals surface area contributed by atoms with E-state index in [2.05, 4.69) is 6.58 Å². The molecule has 0 radical (unpaired) electrons. The van der Waals surface area contributed by atoms with E-state index < -0.39 is 5.97 Å². The standard InChI is InChI=1S/C9H12O2/c1-4-6-8(9(10)11)7(3)5-2/h4-6H,1H2,2-3H3,(H,10,11)/b7-5-,8-6+. The van der Waals surface area contributed by atoms with Gasteiger partial charge in [0.2, 0.25) is 0 Å². The van der Waals surface area contributed by atoms with Crippen LogP contribution in [-0.4, -0.2) is 11.1 Å². The molecule has 0 fully saturated rings. The number of carboxylic acid groups (broad SMARTS) is 1.